The van der Waals surface area contributed by atoms with E-state index in [0.29, 0.717) is 22.2 Å². The van der Waals surface area contributed by atoms with Gasteiger partial charge in [0, 0.05) is 30.4 Å². The highest BCUT2D eigenvalue weighted by Crippen LogP contribution is 2.36. The van der Waals surface area contributed by atoms with Gasteiger partial charge in [-0.25, -0.2) is 13.6 Å². The Bertz CT molecular complexity index is 1240. The Morgan fingerprint density at radius 1 is 1.25 bits per heavy atom. The molecule has 0 aliphatic carbocycles. The predicted octanol–water partition coefficient (Wildman–Crippen LogP) is 5.06. The zero-order chi connectivity index (χ0) is 23.2. The van der Waals surface area contributed by atoms with E-state index in [9.17, 15) is 23.5 Å². The van der Waals surface area contributed by atoms with Gasteiger partial charge in [-0.3, -0.25) is 4.79 Å². The lowest BCUT2D eigenvalue weighted by Crippen LogP contribution is -2.54. The number of rotatable bonds is 6. The molecule has 3 aromatic rings. The molecule has 1 aromatic heterocycles. The molecule has 0 bridgehead atoms. The third-order valence-corrected chi connectivity index (χ3v) is 5.89. The van der Waals surface area contributed by atoms with Gasteiger partial charge in [-0.15, -0.1) is 0 Å². The maximum atomic E-state index is 13.5. The zero-order valence-corrected chi connectivity index (χ0v) is 18.0. The van der Waals surface area contributed by atoms with Crippen molar-refractivity contribution in [2.75, 3.05) is 23.3 Å². The highest BCUT2D eigenvalue weighted by molar-refractivity contribution is 5.94. The first-order valence-electron chi connectivity index (χ1n) is 10.3. The van der Waals surface area contributed by atoms with Crippen molar-refractivity contribution in [1.82, 2.24) is 0 Å². The summed E-state index contributed by atoms with van der Waals surface area (Å²) in [7, 11) is 0. The summed E-state index contributed by atoms with van der Waals surface area (Å²) in [5, 5.41) is 13.0. The van der Waals surface area contributed by atoms with E-state index in [1.165, 1.54) is 12.1 Å². The van der Waals surface area contributed by atoms with Crippen LogP contribution in [0.5, 0.6) is 0 Å². The third kappa shape index (κ3) is 4.04. The summed E-state index contributed by atoms with van der Waals surface area (Å²) >= 11 is 0. The Kier molecular flexibility index (Phi) is 5.40. The van der Waals surface area contributed by atoms with Gasteiger partial charge in [-0.1, -0.05) is 18.2 Å². The standard InChI is InChI=1S/C24H24F2N2O4/c1-13-8-17(14(2)27-19-7-5-4-6-16(19)23(30)31)22-18(9-13)20(29)10-21(32-22)28-11-15(12-28)24(3,25)26/h4-10,14-15,27H,11-12H2,1-3H3,(H,30,31). The molecular formula is C24H24F2N2O4. The maximum absolute atomic E-state index is 13.5. The van der Waals surface area contributed by atoms with E-state index in [4.69, 9.17) is 4.42 Å². The number of carbonyl (C=O) groups is 1. The summed E-state index contributed by atoms with van der Waals surface area (Å²) in [5.74, 6) is -4.37. The van der Waals surface area contributed by atoms with E-state index in [-0.39, 0.29) is 36.0 Å². The quantitative estimate of drug-likeness (QED) is 0.555. The summed E-state index contributed by atoms with van der Waals surface area (Å²) in [4.78, 5) is 26.0. The van der Waals surface area contributed by atoms with Crippen molar-refractivity contribution in [1.29, 1.82) is 0 Å². The first kappa shape index (κ1) is 21.8. The van der Waals surface area contributed by atoms with Crippen LogP contribution in [-0.4, -0.2) is 30.1 Å². The van der Waals surface area contributed by atoms with Crippen LogP contribution in [0.15, 0.2) is 51.7 Å². The lowest BCUT2D eigenvalue weighted by molar-refractivity contribution is -0.0506. The van der Waals surface area contributed by atoms with Crippen LogP contribution in [-0.2, 0) is 0 Å². The van der Waals surface area contributed by atoms with Gasteiger partial charge in [0.25, 0.3) is 5.92 Å². The van der Waals surface area contributed by atoms with E-state index in [2.05, 4.69) is 5.32 Å². The first-order chi connectivity index (χ1) is 15.0. The number of aromatic carboxylic acids is 1. The molecule has 1 fully saturated rings. The van der Waals surface area contributed by atoms with Gasteiger partial charge in [-0.05, 0) is 44.5 Å². The topological polar surface area (TPSA) is 82.8 Å². The van der Waals surface area contributed by atoms with Crippen molar-refractivity contribution in [3.8, 4) is 0 Å². The normalized spacial score (nSPS) is 15.5. The van der Waals surface area contributed by atoms with Gasteiger partial charge in [0.1, 0.15) is 5.58 Å². The van der Waals surface area contributed by atoms with Crippen LogP contribution in [0.4, 0.5) is 20.4 Å². The van der Waals surface area contributed by atoms with Crippen LogP contribution in [0.3, 0.4) is 0 Å². The molecule has 1 aliphatic heterocycles. The van der Waals surface area contributed by atoms with Crippen molar-refractivity contribution in [2.45, 2.75) is 32.7 Å². The number of carboxylic acids is 1. The van der Waals surface area contributed by atoms with Crippen LogP contribution in [0.2, 0.25) is 0 Å². The Morgan fingerprint density at radius 2 is 1.94 bits per heavy atom. The van der Waals surface area contributed by atoms with E-state index < -0.39 is 17.8 Å². The summed E-state index contributed by atoms with van der Waals surface area (Å²) in [5.41, 5.74) is 2.20. The van der Waals surface area contributed by atoms with E-state index in [1.807, 2.05) is 19.9 Å². The average Bonchev–Trinajstić information content (AvgIpc) is 2.66. The maximum Gasteiger partial charge on any atom is 0.337 e. The zero-order valence-electron chi connectivity index (χ0n) is 18.0. The van der Waals surface area contributed by atoms with Crippen LogP contribution in [0.25, 0.3) is 11.0 Å². The molecule has 32 heavy (non-hydrogen) atoms. The molecule has 1 aliphatic rings. The Balaban J connectivity index is 1.72. The fourth-order valence-corrected chi connectivity index (χ4v) is 3.99. The van der Waals surface area contributed by atoms with Gasteiger partial charge in [0.05, 0.1) is 22.9 Å². The smallest absolute Gasteiger partial charge is 0.337 e. The number of hydrogen-bond donors (Lipinski definition) is 2. The van der Waals surface area contributed by atoms with Crippen molar-refractivity contribution in [3.63, 3.8) is 0 Å². The number of carboxylic acid groups (broad SMARTS) is 1. The second-order valence-corrected chi connectivity index (χ2v) is 8.45. The van der Waals surface area contributed by atoms with E-state index in [0.717, 1.165) is 12.5 Å². The summed E-state index contributed by atoms with van der Waals surface area (Å²) < 4.78 is 33.1. The van der Waals surface area contributed by atoms with Gasteiger partial charge in [-0.2, -0.15) is 0 Å². The number of halogens is 2. The minimum atomic E-state index is -2.79. The predicted molar refractivity (Wildman–Crippen MR) is 119 cm³/mol. The van der Waals surface area contributed by atoms with Crippen LogP contribution in [0.1, 0.15) is 41.4 Å². The Hall–Kier alpha value is -3.42. The second kappa shape index (κ2) is 7.93. The van der Waals surface area contributed by atoms with Gasteiger partial charge >= 0.3 is 5.97 Å². The molecule has 0 saturated carbocycles. The van der Waals surface area contributed by atoms with Crippen molar-refractivity contribution in [2.24, 2.45) is 5.92 Å². The Labute approximate surface area is 183 Å². The molecule has 1 saturated heterocycles. The molecule has 0 spiro atoms. The average molecular weight is 442 g/mol. The highest BCUT2D eigenvalue weighted by Gasteiger charge is 2.43. The molecule has 1 atom stereocenters. The number of alkyl halides is 2. The van der Waals surface area contributed by atoms with Gasteiger partial charge in [0.15, 0.2) is 11.3 Å². The molecule has 168 valence electrons. The lowest BCUT2D eigenvalue weighted by atomic mass is 9.94. The molecule has 2 N–H and O–H groups in total. The lowest BCUT2D eigenvalue weighted by Gasteiger charge is -2.42. The molecule has 2 aromatic carbocycles. The van der Waals surface area contributed by atoms with Crippen LogP contribution < -0.4 is 15.6 Å². The number of nitrogens with one attached hydrogen (secondary N) is 1. The minimum Gasteiger partial charge on any atom is -0.478 e. The second-order valence-electron chi connectivity index (χ2n) is 8.45. The summed E-state index contributed by atoms with van der Waals surface area (Å²) in [6, 6.07) is 11.1. The van der Waals surface area contributed by atoms with Crippen LogP contribution in [0, 0.1) is 12.8 Å². The molecule has 8 heteroatoms. The molecule has 0 radical (unpaired) electrons. The summed E-state index contributed by atoms with van der Waals surface area (Å²) in [6.45, 7) is 4.82. The Morgan fingerprint density at radius 3 is 2.59 bits per heavy atom. The van der Waals surface area contributed by atoms with E-state index >= 15 is 0 Å². The van der Waals surface area contributed by atoms with Crippen molar-refractivity contribution in [3.05, 3.63) is 69.4 Å². The van der Waals surface area contributed by atoms with Crippen LogP contribution >= 0.6 is 0 Å². The summed E-state index contributed by atoms with van der Waals surface area (Å²) in [6.07, 6.45) is 0. The number of hydrogen-bond acceptors (Lipinski definition) is 5. The molecular weight excluding hydrogens is 418 g/mol. The first-order valence-corrected chi connectivity index (χ1v) is 10.3. The monoisotopic (exact) mass is 442 g/mol. The molecule has 0 amide bonds. The van der Waals surface area contributed by atoms with Gasteiger partial charge in [0.2, 0.25) is 0 Å². The SMILES string of the molecule is Cc1cc(C(C)Nc2ccccc2C(=O)O)c2oc(N3CC(C(C)(F)F)C3)cc(=O)c2c1. The van der Waals surface area contributed by atoms with Gasteiger partial charge < -0.3 is 19.7 Å². The minimum absolute atomic E-state index is 0.110. The molecule has 2 heterocycles. The number of anilines is 2. The largest absolute Gasteiger partial charge is 0.478 e. The number of para-hydroxylation sites is 1. The van der Waals surface area contributed by atoms with E-state index in [1.54, 1.807) is 29.2 Å². The number of nitrogens with zero attached hydrogens (tertiary/aromatic N) is 1. The number of fused-ring (bicyclic) bond motifs is 1. The fourth-order valence-electron chi connectivity index (χ4n) is 3.99. The van der Waals surface area contributed by atoms with Crippen molar-refractivity contribution < 1.29 is 23.1 Å². The van der Waals surface area contributed by atoms with Crippen molar-refractivity contribution >= 4 is 28.5 Å². The molecule has 6 nitrogen and oxygen atoms in total. The number of aryl methyl sites for hydroxylation is 1. The molecule has 1 unspecified atom stereocenters. The number of benzene rings is 2. The fraction of sp³-hybridized carbons (Fsp3) is 0.333. The molecule has 4 rings (SSSR count). The third-order valence-electron chi connectivity index (χ3n) is 5.89. The highest BCUT2D eigenvalue weighted by atomic mass is 19.3.